The Balaban J connectivity index is 1.35. The first kappa shape index (κ1) is 28.1. The average Bonchev–Trinajstić information content (AvgIpc) is 3.90. The molecule has 10 rings (SSSR count). The molecule has 0 fully saturated rings. The van der Waals surface area contributed by atoms with Crippen LogP contribution in [-0.2, 0) is 0 Å². The normalized spacial score (nSPS) is 12.3. The molecule has 0 N–H and O–H groups in total. The first-order valence-electron chi connectivity index (χ1n) is 16.6. The summed E-state index contributed by atoms with van der Waals surface area (Å²) in [5.74, 6) is 2.00. The maximum Gasteiger partial charge on any atom is 0.123 e. The van der Waals surface area contributed by atoms with Gasteiger partial charge in [-0.3, -0.25) is 23.7 Å². The highest BCUT2D eigenvalue weighted by Crippen LogP contribution is 2.39. The van der Waals surface area contributed by atoms with Gasteiger partial charge in [0.25, 0.3) is 0 Å². The fraction of sp³-hybridized carbons (Fsp3) is 0. The highest BCUT2D eigenvalue weighted by molar-refractivity contribution is 6.13. The van der Waals surface area contributed by atoms with Gasteiger partial charge in [-0.05, 0) is 72.8 Å². The molecule has 0 amide bonds. The molecule has 3 aromatic carbocycles. The third kappa shape index (κ3) is 4.07. The monoisotopic (exact) mass is 643 g/mol. The van der Waals surface area contributed by atoms with Crippen molar-refractivity contribution < 1.29 is 0 Å². The molecule has 7 heteroatoms. The number of fused-ring (bicyclic) bond motifs is 8. The van der Waals surface area contributed by atoms with Gasteiger partial charge < -0.3 is 4.57 Å². The van der Waals surface area contributed by atoms with Crippen LogP contribution in [0.15, 0.2) is 165 Å². The summed E-state index contributed by atoms with van der Waals surface area (Å²) in [5, 5.41) is 2.29. The second kappa shape index (κ2) is 11.0. The maximum atomic E-state index is 5.43. The molecule has 0 aliphatic heterocycles. The smallest absolute Gasteiger partial charge is 0.123 e. The van der Waals surface area contributed by atoms with E-state index in [2.05, 4.69) is 140 Å². The van der Waals surface area contributed by atoms with E-state index < -0.39 is 0 Å². The van der Waals surface area contributed by atoms with Crippen LogP contribution in [0.1, 0.15) is 0 Å². The zero-order valence-electron chi connectivity index (χ0n) is 26.9. The van der Waals surface area contributed by atoms with Crippen LogP contribution < -0.4 is 0 Å². The highest BCUT2D eigenvalue weighted by atomic mass is 15.2. The van der Waals surface area contributed by atoms with Crippen LogP contribution >= 0.6 is 0 Å². The first-order chi connectivity index (χ1) is 24.8. The predicted molar refractivity (Wildman–Crippen MR) is 206 cm³/mol. The first-order valence-corrected chi connectivity index (χ1v) is 16.6. The Kier molecular flexibility index (Phi) is 6.19. The van der Waals surface area contributed by atoms with Crippen molar-refractivity contribution in [3.63, 3.8) is 0 Å². The third-order valence-corrected chi connectivity index (χ3v) is 9.45. The molecule has 0 radical (unpaired) electrons. The van der Waals surface area contributed by atoms with E-state index in [1.54, 1.807) is 6.08 Å². The Morgan fingerprint density at radius 1 is 0.460 bits per heavy atom. The fourth-order valence-corrected chi connectivity index (χ4v) is 7.38. The SMILES string of the molecule is C=C/C=C\C=C/n1c(-n2c3cccnc3c3nc4c5ncccc5n(-c5cc6ccccc6n5-c5ccccc5)c4cc32)cc2ccccc21. The van der Waals surface area contributed by atoms with Gasteiger partial charge in [0.05, 0.1) is 33.1 Å². The summed E-state index contributed by atoms with van der Waals surface area (Å²) in [7, 11) is 0. The molecule has 0 spiro atoms. The van der Waals surface area contributed by atoms with Crippen molar-refractivity contribution in [3.8, 4) is 17.3 Å². The lowest BCUT2D eigenvalue weighted by Gasteiger charge is -2.14. The van der Waals surface area contributed by atoms with Crippen molar-refractivity contribution in [2.24, 2.45) is 0 Å². The number of hydrogen-bond acceptors (Lipinski definition) is 3. The van der Waals surface area contributed by atoms with Crippen molar-refractivity contribution in [1.29, 1.82) is 0 Å². The van der Waals surface area contributed by atoms with Crippen molar-refractivity contribution in [3.05, 3.63) is 165 Å². The number of rotatable bonds is 6. The number of hydrogen-bond donors (Lipinski definition) is 0. The number of benzene rings is 3. The topological polar surface area (TPSA) is 58.4 Å². The molecule has 7 nitrogen and oxygen atoms in total. The molecule has 0 atom stereocenters. The number of pyridine rings is 3. The molecule has 0 aliphatic rings. The molecule has 0 saturated heterocycles. The van der Waals surface area contributed by atoms with Gasteiger partial charge in [0.2, 0.25) is 0 Å². The number of para-hydroxylation sites is 3. The summed E-state index contributed by atoms with van der Waals surface area (Å²) in [6.45, 7) is 3.82. The minimum atomic E-state index is 0.828. The number of nitrogens with zero attached hydrogens (tertiary/aromatic N) is 7. The molecule has 7 heterocycles. The van der Waals surface area contributed by atoms with Gasteiger partial charge >= 0.3 is 0 Å². The van der Waals surface area contributed by atoms with Gasteiger partial charge in [-0.15, -0.1) is 0 Å². The second-order valence-corrected chi connectivity index (χ2v) is 12.3. The Morgan fingerprint density at radius 2 is 1.04 bits per heavy atom. The van der Waals surface area contributed by atoms with E-state index in [1.807, 2.05) is 42.8 Å². The van der Waals surface area contributed by atoms with Crippen LogP contribution in [0.25, 0.3) is 89.5 Å². The molecular formula is C43H29N7. The van der Waals surface area contributed by atoms with E-state index in [4.69, 9.17) is 15.0 Å². The zero-order chi connectivity index (χ0) is 33.2. The largest absolute Gasteiger partial charge is 0.302 e. The standard InChI is InChI=1S/C43H29N7/c1-2-3-4-12-25-47-32-19-10-8-15-29(32)26-38(47)49-34-21-13-23-44-40(34)42-36(49)28-37-43(46-42)41-35(22-14-24-45-41)50(37)39-27-30-16-9-11-20-33(30)48(39)31-17-6-5-7-18-31/h2-28H,1H2/b4-3-,25-12-. The molecular weight excluding hydrogens is 615 g/mol. The Hall–Kier alpha value is -6.99. The molecule has 0 saturated carbocycles. The lowest BCUT2D eigenvalue weighted by atomic mass is 10.2. The number of aromatic nitrogens is 7. The summed E-state index contributed by atoms with van der Waals surface area (Å²) >= 11 is 0. The maximum absolute atomic E-state index is 5.43. The molecule has 50 heavy (non-hydrogen) atoms. The highest BCUT2D eigenvalue weighted by Gasteiger charge is 2.24. The summed E-state index contributed by atoms with van der Waals surface area (Å²) < 4.78 is 9.14. The minimum Gasteiger partial charge on any atom is -0.302 e. The van der Waals surface area contributed by atoms with Gasteiger partial charge in [-0.1, -0.05) is 79.4 Å². The van der Waals surface area contributed by atoms with Crippen molar-refractivity contribution in [2.45, 2.75) is 0 Å². The molecule has 0 unspecified atom stereocenters. The summed E-state index contributed by atoms with van der Waals surface area (Å²) in [5.41, 5.74) is 10.5. The molecule has 10 aromatic rings. The van der Waals surface area contributed by atoms with Crippen LogP contribution in [0.5, 0.6) is 0 Å². The van der Waals surface area contributed by atoms with Crippen molar-refractivity contribution >= 4 is 72.1 Å². The van der Waals surface area contributed by atoms with Crippen LogP contribution in [0, 0.1) is 0 Å². The summed E-state index contributed by atoms with van der Waals surface area (Å²) in [4.78, 5) is 15.2. The van der Waals surface area contributed by atoms with E-state index >= 15 is 0 Å². The second-order valence-electron chi connectivity index (χ2n) is 12.3. The van der Waals surface area contributed by atoms with Crippen molar-refractivity contribution in [2.75, 3.05) is 0 Å². The molecule has 7 aromatic heterocycles. The van der Waals surface area contributed by atoms with Gasteiger partial charge in [0, 0.05) is 35.1 Å². The van der Waals surface area contributed by atoms with E-state index in [1.165, 1.54) is 0 Å². The van der Waals surface area contributed by atoms with E-state index in [0.29, 0.717) is 0 Å². The predicted octanol–water partition coefficient (Wildman–Crippen LogP) is 10.2. The molecule has 236 valence electrons. The fourth-order valence-electron chi connectivity index (χ4n) is 7.38. The Labute approximate surface area is 286 Å². The lowest BCUT2D eigenvalue weighted by Crippen LogP contribution is -2.04. The van der Waals surface area contributed by atoms with E-state index in [9.17, 15) is 0 Å². The molecule has 0 bridgehead atoms. The summed E-state index contributed by atoms with van der Waals surface area (Å²) in [6, 6.07) is 42.5. The van der Waals surface area contributed by atoms with Crippen LogP contribution in [0.3, 0.4) is 0 Å². The van der Waals surface area contributed by atoms with Gasteiger partial charge in [-0.25, -0.2) is 4.98 Å². The Bertz CT molecular complexity index is 3000. The van der Waals surface area contributed by atoms with Gasteiger partial charge in [0.1, 0.15) is 33.7 Å². The van der Waals surface area contributed by atoms with Gasteiger partial charge in [-0.2, -0.15) is 0 Å². The zero-order valence-corrected chi connectivity index (χ0v) is 26.9. The van der Waals surface area contributed by atoms with Gasteiger partial charge in [0.15, 0.2) is 0 Å². The van der Waals surface area contributed by atoms with Crippen LogP contribution in [0.4, 0.5) is 0 Å². The van der Waals surface area contributed by atoms with Crippen LogP contribution in [0.2, 0.25) is 0 Å². The minimum absolute atomic E-state index is 0.828. The lowest BCUT2D eigenvalue weighted by molar-refractivity contribution is 0.999. The van der Waals surface area contributed by atoms with Crippen molar-refractivity contribution in [1.82, 2.24) is 33.2 Å². The van der Waals surface area contributed by atoms with E-state index in [0.717, 1.165) is 83.3 Å². The Morgan fingerprint density at radius 3 is 1.74 bits per heavy atom. The average molecular weight is 644 g/mol. The quantitative estimate of drug-likeness (QED) is 0.170. The third-order valence-electron chi connectivity index (χ3n) is 9.45. The summed E-state index contributed by atoms with van der Waals surface area (Å²) in [6.07, 6.45) is 13.5. The number of allylic oxidation sites excluding steroid dienone is 4. The molecule has 0 aliphatic carbocycles. The van der Waals surface area contributed by atoms with E-state index in [-0.39, 0.29) is 0 Å². The van der Waals surface area contributed by atoms with Crippen LogP contribution in [-0.4, -0.2) is 33.2 Å².